The van der Waals surface area contributed by atoms with E-state index in [1.54, 1.807) is 30.5 Å². The first kappa shape index (κ1) is 20.0. The number of aryl methyl sites for hydroxylation is 1. The molecule has 0 saturated carbocycles. The van der Waals surface area contributed by atoms with Gasteiger partial charge >= 0.3 is 0 Å². The molecule has 1 aromatic heterocycles. The first-order valence-corrected chi connectivity index (χ1v) is 9.35. The first-order valence-electron chi connectivity index (χ1n) is 8.60. The molecule has 0 bridgehead atoms. The molecule has 0 aliphatic heterocycles. The van der Waals surface area contributed by atoms with Crippen molar-refractivity contribution in [2.45, 2.75) is 13.8 Å². The lowest BCUT2D eigenvalue weighted by Crippen LogP contribution is -2.24. The molecule has 28 heavy (non-hydrogen) atoms. The van der Waals surface area contributed by atoms with Crippen molar-refractivity contribution in [3.05, 3.63) is 81.6 Å². The van der Waals surface area contributed by atoms with Gasteiger partial charge < -0.3 is 9.30 Å². The van der Waals surface area contributed by atoms with Crippen LogP contribution < -0.4 is 10.2 Å². The van der Waals surface area contributed by atoms with Gasteiger partial charge in [-0.2, -0.15) is 5.10 Å². The molecule has 3 aromatic rings. The lowest BCUT2D eigenvalue weighted by atomic mass is 10.2. The molecule has 7 heteroatoms. The molecule has 3 rings (SSSR count). The summed E-state index contributed by atoms with van der Waals surface area (Å²) in [5.41, 5.74) is 6.10. The number of hydrogen-bond donors (Lipinski definition) is 1. The van der Waals surface area contributed by atoms with Gasteiger partial charge in [-0.25, -0.2) is 5.43 Å². The number of halogens is 2. The molecule has 0 unspecified atom stereocenters. The van der Waals surface area contributed by atoms with Crippen LogP contribution in [0.5, 0.6) is 5.75 Å². The Hall–Kier alpha value is -2.76. The Morgan fingerprint density at radius 2 is 1.89 bits per heavy atom. The van der Waals surface area contributed by atoms with Gasteiger partial charge in [0.05, 0.1) is 16.9 Å². The number of rotatable bonds is 6. The van der Waals surface area contributed by atoms with E-state index < -0.39 is 0 Å². The van der Waals surface area contributed by atoms with Crippen molar-refractivity contribution in [3.63, 3.8) is 0 Å². The van der Waals surface area contributed by atoms with Crippen LogP contribution in [0.3, 0.4) is 0 Å². The minimum absolute atomic E-state index is 0.110. The molecule has 0 spiro atoms. The largest absolute Gasteiger partial charge is 0.484 e. The number of carbonyl (C=O) groups excluding carboxylic acids is 1. The number of benzene rings is 2. The van der Waals surface area contributed by atoms with Crippen LogP contribution in [0.1, 0.15) is 17.0 Å². The molecule has 0 aliphatic carbocycles. The second-order valence-corrected chi connectivity index (χ2v) is 7.00. The lowest BCUT2D eigenvalue weighted by Gasteiger charge is -2.11. The van der Waals surface area contributed by atoms with Crippen LogP contribution in [0.2, 0.25) is 10.0 Å². The third kappa shape index (κ3) is 4.74. The number of amides is 1. The summed E-state index contributed by atoms with van der Waals surface area (Å²) in [5.74, 6) is 0.291. The van der Waals surface area contributed by atoms with Crippen molar-refractivity contribution < 1.29 is 9.53 Å². The van der Waals surface area contributed by atoms with E-state index in [2.05, 4.69) is 10.5 Å². The molecule has 0 fully saturated rings. The van der Waals surface area contributed by atoms with Crippen LogP contribution in [0.4, 0.5) is 0 Å². The fraction of sp³-hybridized carbons (Fsp3) is 0.143. The highest BCUT2D eigenvalue weighted by atomic mass is 35.5. The Bertz CT molecular complexity index is 1010. The Morgan fingerprint density at radius 3 is 2.61 bits per heavy atom. The maximum atomic E-state index is 11.9. The molecule has 0 aliphatic rings. The van der Waals surface area contributed by atoms with Crippen LogP contribution in [-0.4, -0.2) is 23.3 Å². The molecule has 1 heterocycles. The van der Waals surface area contributed by atoms with Crippen LogP contribution in [0, 0.1) is 13.8 Å². The third-order valence-corrected chi connectivity index (χ3v) is 4.66. The molecule has 0 saturated heterocycles. The topological polar surface area (TPSA) is 55.6 Å². The van der Waals surface area contributed by atoms with E-state index >= 15 is 0 Å². The van der Waals surface area contributed by atoms with Crippen LogP contribution in [0.25, 0.3) is 5.69 Å². The average molecular weight is 416 g/mol. The zero-order chi connectivity index (χ0) is 20.1. The Morgan fingerprint density at radius 1 is 1.14 bits per heavy atom. The zero-order valence-electron chi connectivity index (χ0n) is 15.4. The molecule has 0 atom stereocenters. The van der Waals surface area contributed by atoms with E-state index in [4.69, 9.17) is 27.9 Å². The molecule has 1 N–H and O–H groups in total. The predicted octanol–water partition coefficient (Wildman–Crippen LogP) is 4.93. The van der Waals surface area contributed by atoms with Crippen molar-refractivity contribution in [2.75, 3.05) is 6.61 Å². The maximum absolute atomic E-state index is 11.9. The van der Waals surface area contributed by atoms with Crippen molar-refractivity contribution in [2.24, 2.45) is 5.10 Å². The number of hydrazone groups is 1. The highest BCUT2D eigenvalue weighted by molar-refractivity contribution is 6.35. The number of nitrogens with one attached hydrogen (secondary N) is 1. The van der Waals surface area contributed by atoms with Gasteiger partial charge in [-0.15, -0.1) is 0 Å². The van der Waals surface area contributed by atoms with E-state index in [0.29, 0.717) is 15.8 Å². The van der Waals surface area contributed by atoms with Crippen molar-refractivity contribution in [1.82, 2.24) is 9.99 Å². The second-order valence-electron chi connectivity index (χ2n) is 6.15. The second kappa shape index (κ2) is 8.95. The number of nitrogens with zero attached hydrogens (tertiary/aromatic N) is 2. The predicted molar refractivity (Wildman–Crippen MR) is 113 cm³/mol. The van der Waals surface area contributed by atoms with Gasteiger partial charge in [0, 0.05) is 22.0 Å². The van der Waals surface area contributed by atoms with Gasteiger partial charge in [-0.3, -0.25) is 4.79 Å². The summed E-state index contributed by atoms with van der Waals surface area (Å²) in [4.78, 5) is 11.9. The summed E-state index contributed by atoms with van der Waals surface area (Å²) < 4.78 is 7.40. The zero-order valence-corrected chi connectivity index (χ0v) is 17.0. The normalized spacial score (nSPS) is 11.0. The monoisotopic (exact) mass is 415 g/mol. The Kier molecular flexibility index (Phi) is 6.39. The molecule has 144 valence electrons. The quantitative estimate of drug-likeness (QED) is 0.458. The summed E-state index contributed by atoms with van der Waals surface area (Å²) in [6, 6.07) is 16.5. The molecule has 2 aromatic carbocycles. The molecular formula is C21H19Cl2N3O2. The molecule has 1 amide bonds. The fourth-order valence-electron chi connectivity index (χ4n) is 2.82. The minimum Gasteiger partial charge on any atom is -0.484 e. The summed E-state index contributed by atoms with van der Waals surface area (Å²) in [5, 5.41) is 5.17. The average Bonchev–Trinajstić information content (AvgIpc) is 2.95. The van der Waals surface area contributed by atoms with E-state index in [1.807, 2.05) is 48.7 Å². The van der Waals surface area contributed by atoms with Gasteiger partial charge in [-0.05, 0) is 50.2 Å². The van der Waals surface area contributed by atoms with Crippen molar-refractivity contribution in [3.8, 4) is 11.4 Å². The van der Waals surface area contributed by atoms with Gasteiger partial charge in [0.1, 0.15) is 5.75 Å². The first-order chi connectivity index (χ1) is 13.5. The highest BCUT2D eigenvalue weighted by Gasteiger charge is 2.12. The van der Waals surface area contributed by atoms with E-state index in [9.17, 15) is 4.79 Å². The third-order valence-electron chi connectivity index (χ3n) is 4.13. The fourth-order valence-corrected chi connectivity index (χ4v) is 3.32. The van der Waals surface area contributed by atoms with Crippen LogP contribution in [-0.2, 0) is 4.79 Å². The van der Waals surface area contributed by atoms with Crippen LogP contribution in [0.15, 0.2) is 59.7 Å². The van der Waals surface area contributed by atoms with E-state index in [-0.39, 0.29) is 12.5 Å². The lowest BCUT2D eigenvalue weighted by molar-refractivity contribution is -0.123. The number of aromatic nitrogens is 1. The molecule has 5 nitrogen and oxygen atoms in total. The van der Waals surface area contributed by atoms with Gasteiger partial charge in [0.15, 0.2) is 6.61 Å². The Balaban J connectivity index is 1.67. The minimum atomic E-state index is -0.338. The van der Waals surface area contributed by atoms with Crippen molar-refractivity contribution >= 4 is 35.3 Å². The molecule has 0 radical (unpaired) electrons. The standard InChI is InChI=1S/C21H19Cl2N3O2/c1-14-10-16(15(2)26(14)20-9-8-17(22)11-19(20)23)12-24-25-21(27)13-28-18-6-4-3-5-7-18/h3-12H,13H2,1-2H3,(H,25,27)/b24-12-. The number of para-hydroxylation sites is 1. The van der Waals surface area contributed by atoms with Gasteiger partial charge in [0.2, 0.25) is 0 Å². The molecular weight excluding hydrogens is 397 g/mol. The summed E-state index contributed by atoms with van der Waals surface area (Å²) in [6.07, 6.45) is 1.60. The van der Waals surface area contributed by atoms with Crippen molar-refractivity contribution in [1.29, 1.82) is 0 Å². The van der Waals surface area contributed by atoms with Crippen LogP contribution >= 0.6 is 23.2 Å². The number of hydrogen-bond acceptors (Lipinski definition) is 3. The summed E-state index contributed by atoms with van der Waals surface area (Å²) in [7, 11) is 0. The maximum Gasteiger partial charge on any atom is 0.277 e. The van der Waals surface area contributed by atoms with E-state index in [1.165, 1.54) is 0 Å². The SMILES string of the molecule is Cc1cc(/C=N\NC(=O)COc2ccccc2)c(C)n1-c1ccc(Cl)cc1Cl. The number of ether oxygens (including phenoxy) is 1. The summed E-state index contributed by atoms with van der Waals surface area (Å²) >= 11 is 12.3. The van der Waals surface area contributed by atoms with E-state index in [0.717, 1.165) is 22.6 Å². The van der Waals surface area contributed by atoms with Gasteiger partial charge in [-0.1, -0.05) is 41.4 Å². The highest BCUT2D eigenvalue weighted by Crippen LogP contribution is 2.28. The Labute approximate surface area is 173 Å². The van der Waals surface area contributed by atoms with Gasteiger partial charge in [0.25, 0.3) is 5.91 Å². The summed E-state index contributed by atoms with van der Waals surface area (Å²) in [6.45, 7) is 3.82. The number of carbonyl (C=O) groups is 1. The smallest absolute Gasteiger partial charge is 0.277 e.